The molecule has 0 aromatic heterocycles. The van der Waals surface area contributed by atoms with Gasteiger partial charge in [0.05, 0.1) is 17.2 Å². The van der Waals surface area contributed by atoms with Crippen LogP contribution in [0, 0.1) is 0 Å². The Hall–Kier alpha value is -2.58. The van der Waals surface area contributed by atoms with Crippen molar-refractivity contribution in [3.8, 4) is 5.75 Å². The first-order valence-corrected chi connectivity index (χ1v) is 9.23. The molecule has 0 saturated heterocycles. The molecule has 0 aliphatic carbocycles. The van der Waals surface area contributed by atoms with E-state index >= 15 is 0 Å². The Balaban J connectivity index is 2.37. The Bertz CT molecular complexity index is 792. The van der Waals surface area contributed by atoms with Crippen LogP contribution in [0.1, 0.15) is 13.3 Å². The SMILES string of the molecule is CCCOc1ccc(N(CC(=O)NN)S(=O)(=O)c2ccccc2)cc1. The third-order valence-electron chi connectivity index (χ3n) is 3.38. The molecule has 8 heteroatoms. The lowest BCUT2D eigenvalue weighted by Crippen LogP contribution is -2.43. The van der Waals surface area contributed by atoms with Crippen LogP contribution in [0.5, 0.6) is 5.75 Å². The molecule has 2 aromatic rings. The van der Waals surface area contributed by atoms with Gasteiger partial charge in [-0.2, -0.15) is 0 Å². The number of benzene rings is 2. The molecule has 0 atom stereocenters. The molecule has 134 valence electrons. The first-order valence-electron chi connectivity index (χ1n) is 7.79. The van der Waals surface area contributed by atoms with Gasteiger partial charge in [0.1, 0.15) is 12.3 Å². The quantitative estimate of drug-likeness (QED) is 0.422. The van der Waals surface area contributed by atoms with Crippen LogP contribution < -0.4 is 20.3 Å². The maximum Gasteiger partial charge on any atom is 0.264 e. The van der Waals surface area contributed by atoms with Crippen molar-refractivity contribution in [2.45, 2.75) is 18.2 Å². The fourth-order valence-corrected chi connectivity index (χ4v) is 3.58. The number of nitrogens with zero attached hydrogens (tertiary/aromatic N) is 1. The first kappa shape index (κ1) is 18.8. The highest BCUT2D eigenvalue weighted by Gasteiger charge is 2.26. The summed E-state index contributed by atoms with van der Waals surface area (Å²) in [4.78, 5) is 11.8. The maximum atomic E-state index is 12.9. The van der Waals surface area contributed by atoms with Crippen molar-refractivity contribution in [3.63, 3.8) is 0 Å². The van der Waals surface area contributed by atoms with Gasteiger partial charge in [0.25, 0.3) is 15.9 Å². The molecule has 2 aromatic carbocycles. The standard InChI is InChI=1S/C17H21N3O4S/c1-2-12-24-15-10-8-14(9-11-15)20(13-17(21)19-18)25(22,23)16-6-4-3-5-7-16/h3-11H,2,12-13,18H2,1H3,(H,19,21). The van der Waals surface area contributed by atoms with Gasteiger partial charge >= 0.3 is 0 Å². The molecule has 0 unspecified atom stereocenters. The summed E-state index contributed by atoms with van der Waals surface area (Å²) in [6, 6.07) is 14.4. The Morgan fingerprint density at radius 1 is 1.12 bits per heavy atom. The molecule has 0 heterocycles. The minimum absolute atomic E-state index is 0.0890. The van der Waals surface area contributed by atoms with E-state index in [0.717, 1.165) is 10.7 Å². The lowest BCUT2D eigenvalue weighted by molar-refractivity contribution is -0.119. The minimum Gasteiger partial charge on any atom is -0.494 e. The van der Waals surface area contributed by atoms with Crippen LogP contribution in [-0.4, -0.2) is 27.5 Å². The second kappa shape index (κ2) is 8.50. The number of nitrogens with two attached hydrogens (primary N) is 1. The molecule has 25 heavy (non-hydrogen) atoms. The molecule has 0 saturated carbocycles. The number of hydrazine groups is 1. The molecule has 3 N–H and O–H groups in total. The lowest BCUT2D eigenvalue weighted by Gasteiger charge is -2.24. The minimum atomic E-state index is -3.91. The summed E-state index contributed by atoms with van der Waals surface area (Å²) in [5, 5.41) is 0. The van der Waals surface area contributed by atoms with Gasteiger partial charge in [-0.3, -0.25) is 14.5 Å². The molecule has 0 spiro atoms. The molecule has 0 radical (unpaired) electrons. The molecule has 7 nitrogen and oxygen atoms in total. The number of hydrogen-bond donors (Lipinski definition) is 2. The molecule has 0 bridgehead atoms. The summed E-state index contributed by atoms with van der Waals surface area (Å²) in [5.74, 6) is 5.13. The van der Waals surface area contributed by atoms with Gasteiger partial charge in [-0.05, 0) is 42.8 Å². The molecule has 0 aliphatic rings. The molecule has 2 rings (SSSR count). The summed E-state index contributed by atoms with van der Waals surface area (Å²) in [5.41, 5.74) is 2.30. The van der Waals surface area contributed by atoms with E-state index in [-0.39, 0.29) is 4.90 Å². The van der Waals surface area contributed by atoms with Gasteiger partial charge in [0.2, 0.25) is 0 Å². The van der Waals surface area contributed by atoms with Gasteiger partial charge in [-0.1, -0.05) is 25.1 Å². The fourth-order valence-electron chi connectivity index (χ4n) is 2.14. The molecular weight excluding hydrogens is 342 g/mol. The van der Waals surface area contributed by atoms with Crippen molar-refractivity contribution in [1.29, 1.82) is 0 Å². The van der Waals surface area contributed by atoms with Crippen molar-refractivity contribution < 1.29 is 17.9 Å². The van der Waals surface area contributed by atoms with E-state index in [1.165, 1.54) is 12.1 Å². The zero-order chi connectivity index (χ0) is 18.3. The van der Waals surface area contributed by atoms with Gasteiger partial charge in [-0.25, -0.2) is 14.3 Å². The van der Waals surface area contributed by atoms with Crippen molar-refractivity contribution in [1.82, 2.24) is 5.43 Å². The van der Waals surface area contributed by atoms with Crippen LogP contribution in [0.3, 0.4) is 0 Å². The Morgan fingerprint density at radius 3 is 2.32 bits per heavy atom. The maximum absolute atomic E-state index is 12.9. The second-order valence-electron chi connectivity index (χ2n) is 5.23. The lowest BCUT2D eigenvalue weighted by atomic mass is 10.3. The van der Waals surface area contributed by atoms with E-state index in [2.05, 4.69) is 0 Å². The number of hydrogen-bond acceptors (Lipinski definition) is 5. The number of nitrogens with one attached hydrogen (secondary N) is 1. The topological polar surface area (TPSA) is 102 Å². The molecular formula is C17H21N3O4S. The summed E-state index contributed by atoms with van der Waals surface area (Å²) >= 11 is 0. The number of rotatable bonds is 8. The Labute approximate surface area is 147 Å². The highest BCUT2D eigenvalue weighted by Crippen LogP contribution is 2.25. The third kappa shape index (κ3) is 4.71. The van der Waals surface area contributed by atoms with Gasteiger partial charge in [0, 0.05) is 0 Å². The number of ether oxygens (including phenoxy) is 1. The highest BCUT2D eigenvalue weighted by molar-refractivity contribution is 7.92. The normalized spacial score (nSPS) is 11.0. The zero-order valence-corrected chi connectivity index (χ0v) is 14.7. The second-order valence-corrected chi connectivity index (χ2v) is 7.10. The van der Waals surface area contributed by atoms with Crippen LogP contribution in [-0.2, 0) is 14.8 Å². The van der Waals surface area contributed by atoms with E-state index in [4.69, 9.17) is 10.6 Å². The summed E-state index contributed by atoms with van der Waals surface area (Å²) in [6.45, 7) is 2.14. The first-order chi connectivity index (χ1) is 12.0. The fraction of sp³-hybridized carbons (Fsp3) is 0.235. The van der Waals surface area contributed by atoms with Crippen LogP contribution in [0.2, 0.25) is 0 Å². The van der Waals surface area contributed by atoms with E-state index in [0.29, 0.717) is 18.0 Å². The van der Waals surface area contributed by atoms with Crippen molar-refractivity contribution in [2.75, 3.05) is 17.5 Å². The van der Waals surface area contributed by atoms with Crippen LogP contribution in [0.15, 0.2) is 59.5 Å². The third-order valence-corrected chi connectivity index (χ3v) is 5.17. The average molecular weight is 363 g/mol. The van der Waals surface area contributed by atoms with E-state index in [1.54, 1.807) is 42.5 Å². The number of carbonyl (C=O) groups excluding carboxylic acids is 1. The Morgan fingerprint density at radius 2 is 1.76 bits per heavy atom. The summed E-state index contributed by atoms with van der Waals surface area (Å²) < 4.78 is 32.3. The molecule has 1 amide bonds. The number of carbonyl (C=O) groups is 1. The number of amides is 1. The van der Waals surface area contributed by atoms with E-state index in [9.17, 15) is 13.2 Å². The summed E-state index contributed by atoms with van der Waals surface area (Å²) in [7, 11) is -3.91. The Kier molecular flexibility index (Phi) is 6.37. The van der Waals surface area contributed by atoms with Crippen molar-refractivity contribution in [3.05, 3.63) is 54.6 Å². The molecule has 0 fully saturated rings. The van der Waals surface area contributed by atoms with Crippen LogP contribution >= 0.6 is 0 Å². The average Bonchev–Trinajstić information content (AvgIpc) is 2.65. The zero-order valence-electron chi connectivity index (χ0n) is 13.9. The van der Waals surface area contributed by atoms with Crippen LogP contribution in [0.4, 0.5) is 5.69 Å². The van der Waals surface area contributed by atoms with Gasteiger partial charge in [-0.15, -0.1) is 0 Å². The van der Waals surface area contributed by atoms with Crippen molar-refractivity contribution in [2.24, 2.45) is 5.84 Å². The molecule has 0 aliphatic heterocycles. The number of sulfonamides is 1. The van der Waals surface area contributed by atoms with Gasteiger partial charge in [0.15, 0.2) is 0 Å². The van der Waals surface area contributed by atoms with Crippen LogP contribution in [0.25, 0.3) is 0 Å². The van der Waals surface area contributed by atoms with Gasteiger partial charge < -0.3 is 4.74 Å². The largest absolute Gasteiger partial charge is 0.494 e. The van der Waals surface area contributed by atoms with Crippen molar-refractivity contribution >= 4 is 21.6 Å². The smallest absolute Gasteiger partial charge is 0.264 e. The predicted molar refractivity (Wildman–Crippen MR) is 95.5 cm³/mol. The number of anilines is 1. The monoisotopic (exact) mass is 363 g/mol. The highest BCUT2D eigenvalue weighted by atomic mass is 32.2. The van der Waals surface area contributed by atoms with E-state index < -0.39 is 22.5 Å². The van der Waals surface area contributed by atoms with E-state index in [1.807, 2.05) is 12.3 Å². The summed E-state index contributed by atoms with van der Waals surface area (Å²) in [6.07, 6.45) is 0.868. The predicted octanol–water partition coefficient (Wildman–Crippen LogP) is 1.66.